The Bertz CT molecular complexity index is 607. The van der Waals surface area contributed by atoms with Gasteiger partial charge in [0.2, 0.25) is 0 Å². The summed E-state index contributed by atoms with van der Waals surface area (Å²) < 4.78 is 0. The Morgan fingerprint density at radius 2 is 2.11 bits per heavy atom. The highest BCUT2D eigenvalue weighted by Gasteiger charge is 2.14. The van der Waals surface area contributed by atoms with Gasteiger partial charge < -0.3 is 16.2 Å². The summed E-state index contributed by atoms with van der Waals surface area (Å²) in [7, 11) is 0. The predicted molar refractivity (Wildman–Crippen MR) is 78.9 cm³/mol. The molecule has 0 saturated heterocycles. The van der Waals surface area contributed by atoms with Crippen LogP contribution in [-0.2, 0) is 0 Å². The normalized spacial score (nSPS) is 12.1. The quantitative estimate of drug-likeness (QED) is 0.747. The third-order valence-corrected chi connectivity index (χ3v) is 4.02. The van der Waals surface area contributed by atoms with Crippen molar-refractivity contribution in [3.63, 3.8) is 0 Å². The van der Waals surface area contributed by atoms with Crippen molar-refractivity contribution in [2.24, 2.45) is 0 Å². The fraction of sp³-hybridized carbons (Fsp3) is 0.214. The highest BCUT2D eigenvalue weighted by atomic mass is 32.1. The third-order valence-electron chi connectivity index (χ3n) is 2.83. The van der Waals surface area contributed by atoms with Crippen LogP contribution in [0.4, 0.5) is 11.4 Å². The lowest BCUT2D eigenvalue weighted by molar-refractivity contribution is 0.0698. The van der Waals surface area contributed by atoms with Crippen molar-refractivity contribution < 1.29 is 9.90 Å². The van der Waals surface area contributed by atoms with E-state index >= 15 is 0 Å². The molecule has 0 aliphatic rings. The zero-order valence-corrected chi connectivity index (χ0v) is 11.6. The van der Waals surface area contributed by atoms with E-state index in [2.05, 4.69) is 11.4 Å². The molecule has 2 rings (SSSR count). The molecule has 0 aliphatic heterocycles. The van der Waals surface area contributed by atoms with E-state index in [0.29, 0.717) is 11.4 Å². The number of rotatable bonds is 4. The molecule has 0 spiro atoms. The first-order valence-corrected chi connectivity index (χ1v) is 6.74. The summed E-state index contributed by atoms with van der Waals surface area (Å²) in [6, 6.07) is 8.90. The standard InChI is InChI=1S/C14H16N2O2S/c1-8-3-6-13(19-8)9(2)16-12-7-10(15)4-5-11(12)14(17)18/h3-7,9,16H,15H2,1-2H3,(H,17,18). The van der Waals surface area contributed by atoms with Crippen molar-refractivity contribution in [2.75, 3.05) is 11.1 Å². The summed E-state index contributed by atoms with van der Waals surface area (Å²) in [4.78, 5) is 13.6. The lowest BCUT2D eigenvalue weighted by Gasteiger charge is -2.16. The van der Waals surface area contributed by atoms with Crippen molar-refractivity contribution in [2.45, 2.75) is 19.9 Å². The molecule has 2 aromatic rings. The maximum atomic E-state index is 11.2. The Hall–Kier alpha value is -2.01. The Labute approximate surface area is 115 Å². The third kappa shape index (κ3) is 3.06. The number of anilines is 2. The molecule has 0 amide bonds. The first-order chi connectivity index (χ1) is 8.97. The van der Waals surface area contributed by atoms with Crippen molar-refractivity contribution in [3.05, 3.63) is 45.6 Å². The summed E-state index contributed by atoms with van der Waals surface area (Å²) in [5.74, 6) is -0.961. The molecule has 0 radical (unpaired) electrons. The Morgan fingerprint density at radius 3 is 2.68 bits per heavy atom. The van der Waals surface area contributed by atoms with Crippen molar-refractivity contribution in [1.82, 2.24) is 0 Å². The van der Waals surface area contributed by atoms with E-state index in [1.807, 2.05) is 19.9 Å². The summed E-state index contributed by atoms with van der Waals surface area (Å²) in [6.45, 7) is 4.05. The second-order valence-electron chi connectivity index (χ2n) is 4.42. The maximum absolute atomic E-state index is 11.2. The molecule has 1 atom stereocenters. The molecule has 1 aromatic carbocycles. The number of carboxylic acid groups (broad SMARTS) is 1. The van der Waals surface area contributed by atoms with Crippen LogP contribution in [0.2, 0.25) is 0 Å². The van der Waals surface area contributed by atoms with Gasteiger partial charge in [0.25, 0.3) is 0 Å². The number of aryl methyl sites for hydroxylation is 1. The Balaban J connectivity index is 2.27. The molecular formula is C14H16N2O2S. The van der Waals surface area contributed by atoms with Crippen LogP contribution in [0.3, 0.4) is 0 Å². The average molecular weight is 276 g/mol. The van der Waals surface area contributed by atoms with Gasteiger partial charge in [-0.05, 0) is 44.2 Å². The number of benzene rings is 1. The van der Waals surface area contributed by atoms with E-state index in [1.54, 1.807) is 23.5 Å². The fourth-order valence-corrected chi connectivity index (χ4v) is 2.74. The monoisotopic (exact) mass is 276 g/mol. The molecule has 1 aromatic heterocycles. The van der Waals surface area contributed by atoms with E-state index in [9.17, 15) is 4.79 Å². The highest BCUT2D eigenvalue weighted by molar-refractivity contribution is 7.12. The zero-order valence-electron chi connectivity index (χ0n) is 10.8. The molecule has 0 saturated carbocycles. The highest BCUT2D eigenvalue weighted by Crippen LogP contribution is 2.28. The summed E-state index contributed by atoms with van der Waals surface area (Å²) >= 11 is 1.69. The van der Waals surface area contributed by atoms with E-state index in [1.165, 1.54) is 10.9 Å². The van der Waals surface area contributed by atoms with E-state index < -0.39 is 5.97 Å². The number of nitrogens with two attached hydrogens (primary N) is 1. The number of carbonyl (C=O) groups is 1. The van der Waals surface area contributed by atoms with Crippen molar-refractivity contribution >= 4 is 28.7 Å². The summed E-state index contributed by atoms with van der Waals surface area (Å²) in [5.41, 5.74) is 7.04. The molecule has 5 heteroatoms. The number of aromatic carboxylic acids is 1. The molecule has 19 heavy (non-hydrogen) atoms. The first kappa shape index (κ1) is 13.4. The Kier molecular flexibility index (Phi) is 3.76. The molecule has 0 aliphatic carbocycles. The number of nitrogens with one attached hydrogen (secondary N) is 1. The number of nitrogen functional groups attached to an aromatic ring is 1. The van der Waals surface area contributed by atoms with Crippen LogP contribution in [0.5, 0.6) is 0 Å². The van der Waals surface area contributed by atoms with Crippen molar-refractivity contribution in [1.29, 1.82) is 0 Å². The number of hydrogen-bond donors (Lipinski definition) is 3. The number of thiophene rings is 1. The fourth-order valence-electron chi connectivity index (χ4n) is 1.86. The first-order valence-electron chi connectivity index (χ1n) is 5.93. The van der Waals surface area contributed by atoms with Gasteiger partial charge in [0.15, 0.2) is 0 Å². The van der Waals surface area contributed by atoms with Gasteiger partial charge >= 0.3 is 5.97 Å². The molecular weight excluding hydrogens is 260 g/mol. The minimum atomic E-state index is -0.961. The summed E-state index contributed by atoms with van der Waals surface area (Å²) in [6.07, 6.45) is 0. The van der Waals surface area contributed by atoms with Crippen LogP contribution in [-0.4, -0.2) is 11.1 Å². The lowest BCUT2D eigenvalue weighted by atomic mass is 10.1. The second kappa shape index (κ2) is 5.32. The summed E-state index contributed by atoms with van der Waals surface area (Å²) in [5, 5.41) is 12.4. The van der Waals surface area contributed by atoms with E-state index in [4.69, 9.17) is 10.8 Å². The smallest absolute Gasteiger partial charge is 0.337 e. The number of carboxylic acids is 1. The van der Waals surface area contributed by atoms with Crippen molar-refractivity contribution in [3.8, 4) is 0 Å². The van der Waals surface area contributed by atoms with Crippen LogP contribution in [0, 0.1) is 6.92 Å². The van der Waals surface area contributed by atoms with Gasteiger partial charge in [-0.2, -0.15) is 0 Å². The minimum absolute atomic E-state index is 0.0404. The van der Waals surface area contributed by atoms with E-state index in [0.717, 1.165) is 4.88 Å². The maximum Gasteiger partial charge on any atom is 0.337 e. The second-order valence-corrected chi connectivity index (χ2v) is 5.74. The zero-order chi connectivity index (χ0) is 14.0. The number of hydrogen-bond acceptors (Lipinski definition) is 4. The van der Waals surface area contributed by atoms with Crippen LogP contribution in [0.25, 0.3) is 0 Å². The van der Waals surface area contributed by atoms with Gasteiger partial charge in [0, 0.05) is 15.4 Å². The minimum Gasteiger partial charge on any atom is -0.478 e. The van der Waals surface area contributed by atoms with E-state index in [-0.39, 0.29) is 11.6 Å². The van der Waals surface area contributed by atoms with Crippen LogP contribution < -0.4 is 11.1 Å². The predicted octanol–water partition coefficient (Wildman–Crippen LogP) is 3.51. The van der Waals surface area contributed by atoms with Gasteiger partial charge in [0.1, 0.15) is 0 Å². The van der Waals surface area contributed by atoms with Gasteiger partial charge in [-0.3, -0.25) is 0 Å². The molecule has 1 unspecified atom stereocenters. The van der Waals surface area contributed by atoms with Gasteiger partial charge in [-0.15, -0.1) is 11.3 Å². The molecule has 0 bridgehead atoms. The van der Waals surface area contributed by atoms with Gasteiger partial charge in [0.05, 0.1) is 17.3 Å². The average Bonchev–Trinajstić information content (AvgIpc) is 2.75. The van der Waals surface area contributed by atoms with Gasteiger partial charge in [-0.25, -0.2) is 4.79 Å². The largest absolute Gasteiger partial charge is 0.478 e. The lowest BCUT2D eigenvalue weighted by Crippen LogP contribution is -2.10. The van der Waals surface area contributed by atoms with Crippen LogP contribution in [0.1, 0.15) is 33.1 Å². The molecule has 1 heterocycles. The molecule has 4 nitrogen and oxygen atoms in total. The van der Waals surface area contributed by atoms with Gasteiger partial charge in [-0.1, -0.05) is 0 Å². The topological polar surface area (TPSA) is 75.3 Å². The molecule has 4 N–H and O–H groups in total. The molecule has 100 valence electrons. The SMILES string of the molecule is Cc1ccc(C(C)Nc2cc(N)ccc2C(=O)O)s1. The van der Waals surface area contributed by atoms with Crippen LogP contribution >= 0.6 is 11.3 Å². The van der Waals surface area contributed by atoms with Crippen LogP contribution in [0.15, 0.2) is 30.3 Å². The Morgan fingerprint density at radius 1 is 1.37 bits per heavy atom. The molecule has 0 fully saturated rings.